The molecule has 1 aliphatic rings. The Morgan fingerprint density at radius 1 is 1.29 bits per heavy atom. The molecule has 96 valence electrons. The smallest absolute Gasteiger partial charge is 0.202 e. The first-order valence-corrected chi connectivity index (χ1v) is 7.11. The van der Waals surface area contributed by atoms with E-state index in [4.69, 9.17) is 0 Å². The molecule has 0 amide bonds. The number of nitrogens with one attached hydrogen (secondary N) is 1. The highest BCUT2D eigenvalue weighted by atomic mass is 15.2. The second kappa shape index (κ2) is 6.08. The van der Waals surface area contributed by atoms with Crippen LogP contribution in [0.5, 0.6) is 0 Å². The highest BCUT2D eigenvalue weighted by molar-refractivity contribution is 5.27. The van der Waals surface area contributed by atoms with Gasteiger partial charge in [0.15, 0.2) is 0 Å². The zero-order valence-electron chi connectivity index (χ0n) is 11.2. The Morgan fingerprint density at radius 2 is 2.06 bits per heavy atom. The van der Waals surface area contributed by atoms with Gasteiger partial charge in [0.25, 0.3) is 0 Å². The summed E-state index contributed by atoms with van der Waals surface area (Å²) in [4.78, 5) is 4.39. The Labute approximate surface area is 105 Å². The third-order valence-electron chi connectivity index (χ3n) is 3.93. The predicted molar refractivity (Wildman–Crippen MR) is 72.2 cm³/mol. The first-order chi connectivity index (χ1) is 8.33. The fraction of sp³-hybridized carbons (Fsp3) is 0.786. The summed E-state index contributed by atoms with van der Waals surface area (Å²) in [7, 11) is 0. The van der Waals surface area contributed by atoms with E-state index in [0.29, 0.717) is 6.04 Å². The average Bonchev–Trinajstić information content (AvgIpc) is 2.79. The molecular formula is C14H25N3. The summed E-state index contributed by atoms with van der Waals surface area (Å²) in [6.45, 7) is 5.45. The third-order valence-corrected chi connectivity index (χ3v) is 3.93. The van der Waals surface area contributed by atoms with E-state index in [2.05, 4.69) is 28.7 Å². The molecular weight excluding hydrogens is 210 g/mol. The number of imidazole rings is 1. The van der Waals surface area contributed by atoms with Gasteiger partial charge in [0.1, 0.15) is 0 Å². The standard InChI is InChI=1S/C14H25N3/c1-3-5-12-6-8-13(9-7-12)16-14-15-10-11-17(14)4-2/h10-13H,3-9H2,1-2H3,(H,15,16). The van der Waals surface area contributed by atoms with Gasteiger partial charge in [-0.05, 0) is 38.5 Å². The lowest BCUT2D eigenvalue weighted by molar-refractivity contribution is 0.318. The number of hydrogen-bond acceptors (Lipinski definition) is 2. The molecule has 1 aliphatic carbocycles. The zero-order valence-corrected chi connectivity index (χ0v) is 11.2. The van der Waals surface area contributed by atoms with E-state index >= 15 is 0 Å². The van der Waals surface area contributed by atoms with Crippen molar-refractivity contribution in [1.29, 1.82) is 0 Å². The molecule has 0 atom stereocenters. The zero-order chi connectivity index (χ0) is 12.1. The maximum Gasteiger partial charge on any atom is 0.202 e. The van der Waals surface area contributed by atoms with Crippen LogP contribution in [0.1, 0.15) is 52.4 Å². The van der Waals surface area contributed by atoms with Gasteiger partial charge in [-0.3, -0.25) is 0 Å². The molecule has 2 rings (SSSR count). The van der Waals surface area contributed by atoms with Crippen LogP contribution < -0.4 is 5.32 Å². The van der Waals surface area contributed by atoms with E-state index in [1.165, 1.54) is 38.5 Å². The lowest BCUT2D eigenvalue weighted by Crippen LogP contribution is -2.27. The van der Waals surface area contributed by atoms with Crippen LogP contribution in [0.4, 0.5) is 5.95 Å². The van der Waals surface area contributed by atoms with E-state index < -0.39 is 0 Å². The van der Waals surface area contributed by atoms with Crippen molar-refractivity contribution in [3.63, 3.8) is 0 Å². The number of anilines is 1. The average molecular weight is 235 g/mol. The molecule has 0 aliphatic heterocycles. The molecule has 1 aromatic rings. The third kappa shape index (κ3) is 3.24. The summed E-state index contributed by atoms with van der Waals surface area (Å²) in [5.41, 5.74) is 0. The lowest BCUT2D eigenvalue weighted by atomic mass is 9.83. The summed E-state index contributed by atoms with van der Waals surface area (Å²) in [5.74, 6) is 2.02. The van der Waals surface area contributed by atoms with Crippen LogP contribution in [-0.4, -0.2) is 15.6 Å². The van der Waals surface area contributed by atoms with Crippen molar-refractivity contribution in [2.45, 2.75) is 65.0 Å². The maximum atomic E-state index is 4.39. The van der Waals surface area contributed by atoms with Crippen LogP contribution in [0, 0.1) is 5.92 Å². The van der Waals surface area contributed by atoms with Crippen molar-refractivity contribution in [2.75, 3.05) is 5.32 Å². The molecule has 0 spiro atoms. The Hall–Kier alpha value is -0.990. The molecule has 0 unspecified atom stereocenters. The molecule has 1 aromatic heterocycles. The first kappa shape index (κ1) is 12.5. The van der Waals surface area contributed by atoms with Crippen molar-refractivity contribution in [2.24, 2.45) is 5.92 Å². The minimum absolute atomic E-state index is 0.635. The predicted octanol–water partition coefficient (Wildman–Crippen LogP) is 3.67. The topological polar surface area (TPSA) is 29.9 Å². The highest BCUT2D eigenvalue weighted by Crippen LogP contribution is 2.29. The molecule has 1 fully saturated rings. The maximum absolute atomic E-state index is 4.39. The molecule has 3 heteroatoms. The first-order valence-electron chi connectivity index (χ1n) is 7.11. The SMILES string of the molecule is CCCC1CCC(Nc2nccn2CC)CC1. The molecule has 0 aromatic carbocycles. The number of aryl methyl sites for hydroxylation is 1. The van der Waals surface area contributed by atoms with Gasteiger partial charge >= 0.3 is 0 Å². The second-order valence-electron chi connectivity index (χ2n) is 5.19. The van der Waals surface area contributed by atoms with Gasteiger partial charge in [0, 0.05) is 25.0 Å². The van der Waals surface area contributed by atoms with E-state index in [-0.39, 0.29) is 0 Å². The van der Waals surface area contributed by atoms with Gasteiger partial charge in [-0.2, -0.15) is 0 Å². The van der Waals surface area contributed by atoms with Crippen molar-refractivity contribution < 1.29 is 0 Å². The fourth-order valence-corrected chi connectivity index (χ4v) is 2.89. The number of rotatable bonds is 5. The van der Waals surface area contributed by atoms with Crippen LogP contribution in [0.3, 0.4) is 0 Å². The van der Waals surface area contributed by atoms with Crippen LogP contribution in [0.2, 0.25) is 0 Å². The van der Waals surface area contributed by atoms with Crippen molar-refractivity contribution in [3.8, 4) is 0 Å². The molecule has 1 heterocycles. The normalized spacial score (nSPS) is 24.8. The monoisotopic (exact) mass is 235 g/mol. The van der Waals surface area contributed by atoms with Gasteiger partial charge in [-0.15, -0.1) is 0 Å². The summed E-state index contributed by atoms with van der Waals surface area (Å²) >= 11 is 0. The number of hydrogen-bond donors (Lipinski definition) is 1. The Balaban J connectivity index is 1.82. The van der Waals surface area contributed by atoms with Crippen molar-refractivity contribution in [1.82, 2.24) is 9.55 Å². The van der Waals surface area contributed by atoms with E-state index in [9.17, 15) is 0 Å². The molecule has 0 bridgehead atoms. The number of aromatic nitrogens is 2. The summed E-state index contributed by atoms with van der Waals surface area (Å²) in [5, 5.41) is 3.59. The van der Waals surface area contributed by atoms with Crippen molar-refractivity contribution >= 4 is 5.95 Å². The largest absolute Gasteiger partial charge is 0.353 e. The van der Waals surface area contributed by atoms with Gasteiger partial charge < -0.3 is 9.88 Å². The molecule has 0 radical (unpaired) electrons. The van der Waals surface area contributed by atoms with E-state index in [1.807, 2.05) is 12.4 Å². The molecule has 1 saturated carbocycles. The summed E-state index contributed by atoms with van der Waals surface area (Å²) in [6.07, 6.45) is 12.1. The second-order valence-corrected chi connectivity index (χ2v) is 5.19. The molecule has 17 heavy (non-hydrogen) atoms. The molecule has 1 N–H and O–H groups in total. The minimum Gasteiger partial charge on any atom is -0.353 e. The Morgan fingerprint density at radius 3 is 2.71 bits per heavy atom. The van der Waals surface area contributed by atoms with Gasteiger partial charge in [-0.25, -0.2) is 4.98 Å². The fourth-order valence-electron chi connectivity index (χ4n) is 2.89. The molecule has 0 saturated heterocycles. The Kier molecular flexibility index (Phi) is 4.46. The van der Waals surface area contributed by atoms with Gasteiger partial charge in [0.2, 0.25) is 5.95 Å². The van der Waals surface area contributed by atoms with Crippen molar-refractivity contribution in [3.05, 3.63) is 12.4 Å². The number of nitrogens with zero attached hydrogens (tertiary/aromatic N) is 2. The van der Waals surface area contributed by atoms with Crippen LogP contribution in [0.15, 0.2) is 12.4 Å². The minimum atomic E-state index is 0.635. The summed E-state index contributed by atoms with van der Waals surface area (Å²) < 4.78 is 2.18. The van der Waals surface area contributed by atoms with E-state index in [0.717, 1.165) is 18.4 Å². The summed E-state index contributed by atoms with van der Waals surface area (Å²) in [6, 6.07) is 0.635. The quantitative estimate of drug-likeness (QED) is 0.844. The van der Waals surface area contributed by atoms with Gasteiger partial charge in [0.05, 0.1) is 0 Å². The lowest BCUT2D eigenvalue weighted by Gasteiger charge is -2.29. The van der Waals surface area contributed by atoms with Gasteiger partial charge in [-0.1, -0.05) is 19.8 Å². The highest BCUT2D eigenvalue weighted by Gasteiger charge is 2.21. The molecule has 3 nitrogen and oxygen atoms in total. The van der Waals surface area contributed by atoms with E-state index in [1.54, 1.807) is 0 Å². The van der Waals surface area contributed by atoms with Crippen LogP contribution in [0.25, 0.3) is 0 Å². The van der Waals surface area contributed by atoms with Crippen LogP contribution >= 0.6 is 0 Å². The van der Waals surface area contributed by atoms with Crippen LogP contribution in [-0.2, 0) is 6.54 Å². The Bertz CT molecular complexity index is 324.